The van der Waals surface area contributed by atoms with E-state index in [2.05, 4.69) is 59.8 Å². The van der Waals surface area contributed by atoms with Crippen LogP contribution in [-0.2, 0) is 11.9 Å². The molecule has 0 unspecified atom stereocenters. The fourth-order valence-corrected chi connectivity index (χ4v) is 3.67. The molecule has 3 rings (SSSR count). The molecule has 106 valence electrons. The average Bonchev–Trinajstić information content (AvgIpc) is 2.95. The molecule has 0 amide bonds. The van der Waals surface area contributed by atoms with Gasteiger partial charge in [0.2, 0.25) is 0 Å². The second-order valence-electron chi connectivity index (χ2n) is 4.99. The van der Waals surface area contributed by atoms with Crippen molar-refractivity contribution in [1.29, 1.82) is 0 Å². The second-order valence-corrected chi connectivity index (χ2v) is 7.20. The monoisotopic (exact) mass is 343 g/mol. The molecule has 0 N–H and O–H groups in total. The molecule has 2 aromatic carbocycles. The molecule has 3 nitrogen and oxygen atoms in total. The van der Waals surface area contributed by atoms with E-state index in [1.807, 2.05) is 22.9 Å². The molecule has 1 aromatic heterocycles. The molecule has 0 spiro atoms. The van der Waals surface area contributed by atoms with Crippen molar-refractivity contribution >= 4 is 19.4 Å². The van der Waals surface area contributed by atoms with E-state index in [0.29, 0.717) is 15.0 Å². The van der Waals surface area contributed by atoms with Crippen LogP contribution < -0.4 is 4.46 Å². The van der Waals surface area contributed by atoms with Gasteiger partial charge in [0.15, 0.2) is 0 Å². The average molecular weight is 342 g/mol. The Morgan fingerprint density at radius 3 is 2.52 bits per heavy atom. The first kappa shape index (κ1) is 14.1. The van der Waals surface area contributed by atoms with E-state index < -0.39 is 0 Å². The number of aromatic nitrogens is 3. The molecule has 0 saturated heterocycles. The van der Waals surface area contributed by atoms with E-state index in [0.717, 1.165) is 17.6 Å². The van der Waals surface area contributed by atoms with Crippen molar-refractivity contribution in [3.05, 3.63) is 77.6 Å². The zero-order valence-corrected chi connectivity index (χ0v) is 13.7. The molecule has 0 atom stereocenters. The fraction of sp³-hybridized carbons (Fsp3) is 0.176. The molecule has 0 fully saturated rings. The van der Waals surface area contributed by atoms with E-state index >= 15 is 0 Å². The molecule has 21 heavy (non-hydrogen) atoms. The van der Waals surface area contributed by atoms with E-state index in [9.17, 15) is 0 Å². The molecule has 0 aliphatic carbocycles. The number of benzene rings is 2. The van der Waals surface area contributed by atoms with Gasteiger partial charge >= 0.3 is 131 Å². The van der Waals surface area contributed by atoms with Gasteiger partial charge in [-0.05, 0) is 0 Å². The van der Waals surface area contributed by atoms with E-state index in [4.69, 9.17) is 0 Å². The number of rotatable bonds is 5. The molecule has 0 saturated carbocycles. The standard InChI is InChI=1S/C17H17N3Se/c1-14-7-9-17(10-8-14)21-13-16-12-20(19-18-16)11-15-5-3-2-4-6-15/h2-10,12H,11,13H2,1H3. The molecule has 0 aliphatic heterocycles. The summed E-state index contributed by atoms with van der Waals surface area (Å²) in [5.41, 5.74) is 3.63. The van der Waals surface area contributed by atoms with Crippen LogP contribution >= 0.6 is 0 Å². The molecule has 0 aliphatic rings. The van der Waals surface area contributed by atoms with E-state index in [1.54, 1.807) is 0 Å². The summed E-state index contributed by atoms with van der Waals surface area (Å²) in [4.78, 5) is 0. The normalized spacial score (nSPS) is 10.7. The minimum absolute atomic E-state index is 0.418. The summed E-state index contributed by atoms with van der Waals surface area (Å²) in [6, 6.07) is 19.1. The van der Waals surface area contributed by atoms with Gasteiger partial charge in [-0.2, -0.15) is 0 Å². The third kappa shape index (κ3) is 4.03. The summed E-state index contributed by atoms with van der Waals surface area (Å²) < 4.78 is 3.32. The Balaban J connectivity index is 1.59. The molecule has 4 heteroatoms. The third-order valence-electron chi connectivity index (χ3n) is 3.18. The van der Waals surface area contributed by atoms with E-state index in [-0.39, 0.29) is 0 Å². The maximum absolute atomic E-state index is 4.27. The first-order valence-corrected chi connectivity index (χ1v) is 8.99. The summed E-state index contributed by atoms with van der Waals surface area (Å²) >= 11 is 0.418. The van der Waals surface area contributed by atoms with Crippen LogP contribution in [0.15, 0.2) is 60.8 Å². The summed E-state index contributed by atoms with van der Waals surface area (Å²) in [5, 5.41) is 9.48. The van der Waals surface area contributed by atoms with Crippen molar-refractivity contribution in [1.82, 2.24) is 15.0 Å². The van der Waals surface area contributed by atoms with Crippen molar-refractivity contribution < 1.29 is 0 Å². The van der Waals surface area contributed by atoms with Crippen LogP contribution in [0.4, 0.5) is 0 Å². The Labute approximate surface area is 131 Å². The predicted molar refractivity (Wildman–Crippen MR) is 85.8 cm³/mol. The fourth-order valence-electron chi connectivity index (χ4n) is 2.04. The molecular formula is C17H17N3Se. The van der Waals surface area contributed by atoms with Crippen molar-refractivity contribution in [3.63, 3.8) is 0 Å². The SMILES string of the molecule is Cc1ccc([Se]Cc2cn(Cc3ccccc3)nn2)cc1. The Bertz CT molecular complexity index is 690. The van der Waals surface area contributed by atoms with Gasteiger partial charge in [0.05, 0.1) is 0 Å². The zero-order valence-electron chi connectivity index (χ0n) is 11.9. The van der Waals surface area contributed by atoms with Crippen molar-refractivity contribution in [2.24, 2.45) is 0 Å². The number of nitrogens with zero attached hydrogens (tertiary/aromatic N) is 3. The summed E-state index contributed by atoms with van der Waals surface area (Å²) in [6.07, 6.45) is 2.06. The molecule has 3 aromatic rings. The quantitative estimate of drug-likeness (QED) is 0.666. The van der Waals surface area contributed by atoms with Gasteiger partial charge < -0.3 is 0 Å². The van der Waals surface area contributed by atoms with Crippen LogP contribution in [0.25, 0.3) is 0 Å². The summed E-state index contributed by atoms with van der Waals surface area (Å²) in [7, 11) is 0. The van der Waals surface area contributed by atoms with Crippen LogP contribution in [0.5, 0.6) is 0 Å². The molecule has 1 heterocycles. The summed E-state index contributed by atoms with van der Waals surface area (Å²) in [6.45, 7) is 2.90. The Morgan fingerprint density at radius 2 is 1.76 bits per heavy atom. The number of hydrogen-bond acceptors (Lipinski definition) is 2. The van der Waals surface area contributed by atoms with Crippen LogP contribution in [0.1, 0.15) is 16.8 Å². The zero-order chi connectivity index (χ0) is 14.5. The van der Waals surface area contributed by atoms with Gasteiger partial charge in [-0.3, -0.25) is 0 Å². The van der Waals surface area contributed by atoms with Gasteiger partial charge in [0, 0.05) is 0 Å². The van der Waals surface area contributed by atoms with Gasteiger partial charge in [-0.1, -0.05) is 0 Å². The van der Waals surface area contributed by atoms with Crippen molar-refractivity contribution in [2.75, 3.05) is 0 Å². The summed E-state index contributed by atoms with van der Waals surface area (Å²) in [5.74, 6) is 0. The predicted octanol–water partition coefficient (Wildman–Crippen LogP) is 2.16. The Morgan fingerprint density at radius 1 is 1.00 bits per heavy atom. The first-order chi connectivity index (χ1) is 10.3. The second kappa shape index (κ2) is 6.70. The minimum atomic E-state index is 0.418. The molecule has 0 bridgehead atoms. The number of aryl methyl sites for hydroxylation is 1. The van der Waals surface area contributed by atoms with Crippen molar-refractivity contribution in [2.45, 2.75) is 18.8 Å². The van der Waals surface area contributed by atoms with E-state index in [1.165, 1.54) is 15.6 Å². The van der Waals surface area contributed by atoms with Crippen LogP contribution in [-0.4, -0.2) is 30.0 Å². The topological polar surface area (TPSA) is 30.7 Å². The van der Waals surface area contributed by atoms with Gasteiger partial charge in [-0.15, -0.1) is 0 Å². The van der Waals surface area contributed by atoms with Crippen LogP contribution in [0, 0.1) is 6.92 Å². The van der Waals surface area contributed by atoms with Gasteiger partial charge in [0.1, 0.15) is 0 Å². The Hall–Kier alpha value is -1.90. The van der Waals surface area contributed by atoms with Crippen molar-refractivity contribution in [3.8, 4) is 0 Å². The van der Waals surface area contributed by atoms with Gasteiger partial charge in [-0.25, -0.2) is 0 Å². The van der Waals surface area contributed by atoms with Crippen LogP contribution in [0.3, 0.4) is 0 Å². The van der Waals surface area contributed by atoms with Gasteiger partial charge in [0.25, 0.3) is 0 Å². The first-order valence-electron chi connectivity index (χ1n) is 6.92. The Kier molecular flexibility index (Phi) is 4.49. The molecule has 0 radical (unpaired) electrons. The third-order valence-corrected chi connectivity index (χ3v) is 5.37. The molecular weight excluding hydrogens is 325 g/mol. The maximum atomic E-state index is 4.27. The van der Waals surface area contributed by atoms with Crippen LogP contribution in [0.2, 0.25) is 0 Å². The number of hydrogen-bond donors (Lipinski definition) is 0.